The number of benzene rings is 2. The van der Waals surface area contributed by atoms with Crippen molar-refractivity contribution in [2.45, 2.75) is 32.0 Å². The first kappa shape index (κ1) is 19.3. The highest BCUT2D eigenvalue weighted by Crippen LogP contribution is 2.31. The summed E-state index contributed by atoms with van der Waals surface area (Å²) in [4.78, 5) is 0. The number of hydrogen-bond donors (Lipinski definition) is 1. The van der Waals surface area contributed by atoms with Crippen LogP contribution in [0.3, 0.4) is 0 Å². The number of hydrogen-bond acceptors (Lipinski definition) is 1. The zero-order valence-electron chi connectivity index (χ0n) is 15.5. The number of halogens is 4. The lowest BCUT2D eigenvalue weighted by molar-refractivity contribution is -0.137. The summed E-state index contributed by atoms with van der Waals surface area (Å²) in [5, 5.41) is 10.8. The Bertz CT molecular complexity index is 1120. The second-order valence-electron chi connectivity index (χ2n) is 7.23. The number of nitrogens with zero attached hydrogens (tertiary/aromatic N) is 1. The maximum atomic E-state index is 13.7. The van der Waals surface area contributed by atoms with E-state index in [2.05, 4.69) is 0 Å². The molecular formula is C23H19F4NO. The third-order valence-electron chi connectivity index (χ3n) is 5.22. The van der Waals surface area contributed by atoms with Crippen LogP contribution < -0.4 is 0 Å². The van der Waals surface area contributed by atoms with E-state index >= 15 is 0 Å². The fourth-order valence-electron chi connectivity index (χ4n) is 3.50. The molecule has 1 aliphatic carbocycles. The molecule has 0 saturated heterocycles. The molecule has 0 radical (unpaired) electrons. The molecule has 6 heteroatoms. The average molecular weight is 401 g/mol. The number of aromatic nitrogens is 1. The van der Waals surface area contributed by atoms with Crippen LogP contribution in [0.25, 0.3) is 17.0 Å². The van der Waals surface area contributed by atoms with E-state index in [1.54, 1.807) is 30.4 Å². The topological polar surface area (TPSA) is 25.2 Å². The molecule has 1 aliphatic rings. The Kier molecular flexibility index (Phi) is 4.94. The first-order valence-corrected chi connectivity index (χ1v) is 9.35. The van der Waals surface area contributed by atoms with Gasteiger partial charge in [-0.2, -0.15) is 13.2 Å². The van der Waals surface area contributed by atoms with Gasteiger partial charge in [0.05, 0.1) is 5.56 Å². The minimum Gasteiger partial charge on any atom is -0.508 e. The first-order chi connectivity index (χ1) is 13.8. The standard InChI is InChI=1S/C23H19F4NO/c24-19-7-9-21-17(12-19)13-20(8-10-22(29)16-4-2-5-16)28(21)14-15-3-1-6-18(11-15)23(25,26)27/h1,3,6-13,29H,2,4-5,14H2/b10-8+. The van der Waals surface area contributed by atoms with Crippen molar-refractivity contribution in [3.8, 4) is 0 Å². The molecule has 2 aromatic carbocycles. The highest BCUT2D eigenvalue weighted by atomic mass is 19.4. The SMILES string of the molecule is OC(/C=C/c1cc2cc(F)ccc2n1Cc1cccc(C(F)(F)F)c1)=C1CCC1. The summed E-state index contributed by atoms with van der Waals surface area (Å²) < 4.78 is 54.6. The van der Waals surface area contributed by atoms with Crippen LogP contribution in [0.2, 0.25) is 0 Å². The van der Waals surface area contributed by atoms with Crippen molar-refractivity contribution in [1.29, 1.82) is 0 Å². The van der Waals surface area contributed by atoms with Crippen molar-refractivity contribution in [2.75, 3.05) is 0 Å². The molecule has 0 bridgehead atoms. The number of allylic oxidation sites excluding steroid dienone is 2. The summed E-state index contributed by atoms with van der Waals surface area (Å²) in [6, 6.07) is 11.3. The van der Waals surface area contributed by atoms with E-state index in [4.69, 9.17) is 0 Å². The van der Waals surface area contributed by atoms with Gasteiger partial charge in [0, 0.05) is 23.1 Å². The van der Waals surface area contributed by atoms with Gasteiger partial charge >= 0.3 is 6.18 Å². The second kappa shape index (κ2) is 7.43. The lowest BCUT2D eigenvalue weighted by Crippen LogP contribution is -2.07. The first-order valence-electron chi connectivity index (χ1n) is 9.35. The molecule has 1 N–H and O–H groups in total. The van der Waals surface area contributed by atoms with E-state index in [1.807, 2.05) is 4.57 Å². The molecule has 1 fully saturated rings. The maximum Gasteiger partial charge on any atom is 0.416 e. The van der Waals surface area contributed by atoms with E-state index in [9.17, 15) is 22.7 Å². The van der Waals surface area contributed by atoms with Crippen molar-refractivity contribution in [2.24, 2.45) is 0 Å². The smallest absolute Gasteiger partial charge is 0.416 e. The van der Waals surface area contributed by atoms with Crippen LogP contribution in [0.5, 0.6) is 0 Å². The molecule has 1 saturated carbocycles. The molecule has 1 aromatic heterocycles. The van der Waals surface area contributed by atoms with E-state index in [0.29, 0.717) is 22.2 Å². The molecule has 3 aromatic rings. The molecular weight excluding hydrogens is 382 g/mol. The van der Waals surface area contributed by atoms with Gasteiger partial charge in [0.25, 0.3) is 0 Å². The van der Waals surface area contributed by atoms with E-state index in [1.165, 1.54) is 18.2 Å². The van der Waals surface area contributed by atoms with Crippen LogP contribution in [0.15, 0.2) is 65.9 Å². The van der Waals surface area contributed by atoms with Gasteiger partial charge in [0.15, 0.2) is 0 Å². The second-order valence-corrected chi connectivity index (χ2v) is 7.23. The Morgan fingerprint density at radius 3 is 2.55 bits per heavy atom. The summed E-state index contributed by atoms with van der Waals surface area (Å²) in [6.07, 6.45) is 1.70. The van der Waals surface area contributed by atoms with Crippen molar-refractivity contribution in [3.63, 3.8) is 0 Å². The summed E-state index contributed by atoms with van der Waals surface area (Å²) in [6.45, 7) is 0.191. The van der Waals surface area contributed by atoms with Gasteiger partial charge < -0.3 is 9.67 Å². The molecule has 150 valence electrons. The molecule has 1 heterocycles. The fraction of sp³-hybridized carbons (Fsp3) is 0.217. The lowest BCUT2D eigenvalue weighted by atomic mass is 9.91. The van der Waals surface area contributed by atoms with Gasteiger partial charge in [-0.3, -0.25) is 0 Å². The van der Waals surface area contributed by atoms with E-state index in [0.717, 1.165) is 37.0 Å². The predicted molar refractivity (Wildman–Crippen MR) is 105 cm³/mol. The van der Waals surface area contributed by atoms with Gasteiger partial charge in [-0.05, 0) is 78.9 Å². The summed E-state index contributed by atoms with van der Waals surface area (Å²) in [5.41, 5.74) is 2.15. The van der Waals surface area contributed by atoms with Crippen LogP contribution in [0.4, 0.5) is 17.6 Å². The molecule has 0 amide bonds. The summed E-state index contributed by atoms with van der Waals surface area (Å²) in [7, 11) is 0. The molecule has 2 nitrogen and oxygen atoms in total. The van der Waals surface area contributed by atoms with Crippen LogP contribution in [0.1, 0.15) is 36.1 Å². The Morgan fingerprint density at radius 2 is 1.86 bits per heavy atom. The lowest BCUT2D eigenvalue weighted by Gasteiger charge is -2.16. The number of fused-ring (bicyclic) bond motifs is 1. The highest BCUT2D eigenvalue weighted by Gasteiger charge is 2.30. The quantitative estimate of drug-likeness (QED) is 0.375. The minimum absolute atomic E-state index is 0.191. The van der Waals surface area contributed by atoms with Gasteiger partial charge in [0.2, 0.25) is 0 Å². The van der Waals surface area contributed by atoms with Crippen LogP contribution in [0, 0.1) is 5.82 Å². The Balaban J connectivity index is 1.75. The maximum absolute atomic E-state index is 13.7. The third kappa shape index (κ3) is 4.06. The van der Waals surface area contributed by atoms with Crippen molar-refractivity contribution in [3.05, 3.63) is 88.6 Å². The number of aliphatic hydroxyl groups excluding tert-OH is 1. The van der Waals surface area contributed by atoms with Crippen LogP contribution in [-0.2, 0) is 12.7 Å². The normalized spacial score (nSPS) is 14.6. The molecule has 0 unspecified atom stereocenters. The van der Waals surface area contributed by atoms with Crippen molar-refractivity contribution < 1.29 is 22.7 Å². The minimum atomic E-state index is -4.42. The van der Waals surface area contributed by atoms with Crippen molar-refractivity contribution >= 4 is 17.0 Å². The van der Waals surface area contributed by atoms with Gasteiger partial charge in [-0.1, -0.05) is 12.1 Å². The van der Waals surface area contributed by atoms with Gasteiger partial charge in [0.1, 0.15) is 11.6 Å². The average Bonchev–Trinajstić information content (AvgIpc) is 2.94. The zero-order chi connectivity index (χ0) is 20.6. The van der Waals surface area contributed by atoms with Crippen molar-refractivity contribution in [1.82, 2.24) is 4.57 Å². The summed E-state index contributed by atoms with van der Waals surface area (Å²) >= 11 is 0. The Morgan fingerprint density at radius 1 is 1.07 bits per heavy atom. The number of aliphatic hydroxyl groups is 1. The molecule has 0 spiro atoms. The largest absolute Gasteiger partial charge is 0.508 e. The highest BCUT2D eigenvalue weighted by molar-refractivity contribution is 5.84. The molecule has 0 aliphatic heterocycles. The van der Waals surface area contributed by atoms with Crippen LogP contribution >= 0.6 is 0 Å². The Hall–Kier alpha value is -3.02. The van der Waals surface area contributed by atoms with Gasteiger partial charge in [-0.25, -0.2) is 4.39 Å². The predicted octanol–water partition coefficient (Wildman–Crippen LogP) is 6.86. The summed E-state index contributed by atoms with van der Waals surface area (Å²) in [5.74, 6) is -0.165. The molecule has 0 atom stereocenters. The number of rotatable bonds is 4. The Labute approximate surface area is 165 Å². The monoisotopic (exact) mass is 401 g/mol. The molecule has 4 rings (SSSR count). The third-order valence-corrected chi connectivity index (χ3v) is 5.22. The fourth-order valence-corrected chi connectivity index (χ4v) is 3.50. The zero-order valence-corrected chi connectivity index (χ0v) is 15.5. The van der Waals surface area contributed by atoms with Gasteiger partial charge in [-0.15, -0.1) is 0 Å². The molecule has 29 heavy (non-hydrogen) atoms. The van der Waals surface area contributed by atoms with Crippen LogP contribution in [-0.4, -0.2) is 9.67 Å². The number of alkyl halides is 3. The van der Waals surface area contributed by atoms with E-state index in [-0.39, 0.29) is 18.1 Å². The van der Waals surface area contributed by atoms with E-state index < -0.39 is 11.7 Å².